The Kier molecular flexibility index (Phi) is 5.30. The molecular formula is C44H30O. The van der Waals surface area contributed by atoms with Crippen molar-refractivity contribution in [1.29, 1.82) is 0 Å². The van der Waals surface area contributed by atoms with Gasteiger partial charge in [0.2, 0.25) is 0 Å². The molecule has 45 heavy (non-hydrogen) atoms. The lowest BCUT2D eigenvalue weighted by atomic mass is 9.80. The molecule has 0 bridgehead atoms. The van der Waals surface area contributed by atoms with Gasteiger partial charge in [-0.2, -0.15) is 0 Å². The SMILES string of the molecule is C1=Cc2c(c(-c3c4ccccc4c(-c4cccc5oc6c7c(ccc6c45)C=CCC7)c4ccccc34)cc3ccccc23)CC1. The molecule has 0 radical (unpaired) electrons. The second-order valence-corrected chi connectivity index (χ2v) is 12.6. The number of hydrogen-bond donors (Lipinski definition) is 0. The zero-order chi connectivity index (χ0) is 29.5. The first kappa shape index (κ1) is 25.0. The van der Waals surface area contributed by atoms with Gasteiger partial charge in [-0.05, 0) is 115 Å². The molecule has 1 heterocycles. The summed E-state index contributed by atoms with van der Waals surface area (Å²) in [5.74, 6) is 0. The van der Waals surface area contributed by atoms with E-state index >= 15 is 0 Å². The van der Waals surface area contributed by atoms with Crippen molar-refractivity contribution in [3.05, 3.63) is 144 Å². The van der Waals surface area contributed by atoms with E-state index in [4.69, 9.17) is 4.42 Å². The van der Waals surface area contributed by atoms with Gasteiger partial charge in [-0.3, -0.25) is 0 Å². The Labute approximate surface area is 261 Å². The number of furan rings is 1. The third-order valence-electron chi connectivity index (χ3n) is 10.2. The van der Waals surface area contributed by atoms with Crippen LogP contribution in [-0.4, -0.2) is 0 Å². The predicted octanol–water partition coefficient (Wildman–Crippen LogP) is 12.3. The fourth-order valence-electron chi connectivity index (χ4n) is 8.26. The molecule has 0 fully saturated rings. The fourth-order valence-corrected chi connectivity index (χ4v) is 8.26. The van der Waals surface area contributed by atoms with Crippen LogP contribution in [0.4, 0.5) is 0 Å². The van der Waals surface area contributed by atoms with Gasteiger partial charge in [-0.25, -0.2) is 0 Å². The summed E-state index contributed by atoms with van der Waals surface area (Å²) in [6, 6.07) is 40.5. The Morgan fingerprint density at radius 1 is 0.489 bits per heavy atom. The number of hydrogen-bond acceptors (Lipinski definition) is 1. The van der Waals surface area contributed by atoms with Crippen LogP contribution in [0.25, 0.3) is 88.7 Å². The van der Waals surface area contributed by atoms with Crippen molar-refractivity contribution < 1.29 is 4.42 Å². The number of rotatable bonds is 2. The first-order valence-corrected chi connectivity index (χ1v) is 16.1. The average Bonchev–Trinajstić information content (AvgIpc) is 3.50. The van der Waals surface area contributed by atoms with Crippen LogP contribution in [0.1, 0.15) is 35.1 Å². The Morgan fingerprint density at radius 2 is 1.13 bits per heavy atom. The van der Waals surface area contributed by atoms with Crippen LogP contribution in [-0.2, 0) is 12.8 Å². The van der Waals surface area contributed by atoms with Crippen LogP contribution >= 0.6 is 0 Å². The molecule has 0 N–H and O–H groups in total. The summed E-state index contributed by atoms with van der Waals surface area (Å²) in [7, 11) is 0. The van der Waals surface area contributed by atoms with Gasteiger partial charge in [0.25, 0.3) is 0 Å². The fraction of sp³-hybridized carbons (Fsp3) is 0.0909. The van der Waals surface area contributed by atoms with Crippen LogP contribution in [0.3, 0.4) is 0 Å². The molecule has 2 aliphatic carbocycles. The third-order valence-corrected chi connectivity index (χ3v) is 10.2. The molecule has 212 valence electrons. The Morgan fingerprint density at radius 3 is 1.89 bits per heavy atom. The van der Waals surface area contributed by atoms with E-state index in [1.165, 1.54) is 87.6 Å². The molecule has 0 atom stereocenters. The molecule has 0 aliphatic heterocycles. The first-order chi connectivity index (χ1) is 22.3. The quantitative estimate of drug-likeness (QED) is 0.187. The Balaban J connectivity index is 1.35. The van der Waals surface area contributed by atoms with Crippen LogP contribution in [0.15, 0.2) is 126 Å². The molecule has 1 aromatic heterocycles. The topological polar surface area (TPSA) is 13.1 Å². The molecule has 0 saturated heterocycles. The van der Waals surface area contributed by atoms with Crippen LogP contribution in [0.5, 0.6) is 0 Å². The maximum atomic E-state index is 6.69. The lowest BCUT2D eigenvalue weighted by molar-refractivity contribution is 0.661. The van der Waals surface area contributed by atoms with Crippen LogP contribution in [0.2, 0.25) is 0 Å². The van der Waals surface area contributed by atoms with Crippen molar-refractivity contribution in [3.63, 3.8) is 0 Å². The highest BCUT2D eigenvalue weighted by molar-refractivity contribution is 6.26. The summed E-state index contributed by atoms with van der Waals surface area (Å²) in [5, 5.41) is 10.2. The van der Waals surface area contributed by atoms with Gasteiger partial charge in [0.1, 0.15) is 11.2 Å². The second-order valence-electron chi connectivity index (χ2n) is 12.6. The largest absolute Gasteiger partial charge is 0.456 e. The molecule has 0 saturated carbocycles. The summed E-state index contributed by atoms with van der Waals surface area (Å²) in [6.45, 7) is 0. The van der Waals surface area contributed by atoms with Crippen LogP contribution in [0, 0.1) is 0 Å². The standard InChI is InChI=1S/C44H30O/c1-4-15-30-27(12-1)24-25-38-43-37(22-11-23-40(43)45-44(30)38)41-33-18-7-9-20-35(33)42(36-21-10-8-19-34(36)41)39-26-28-13-2-3-14-29(28)31-16-5-6-17-32(31)39/h1-3,5,7-14,16,18-26H,4,6,15,17H2. The minimum atomic E-state index is 0.957. The summed E-state index contributed by atoms with van der Waals surface area (Å²) in [5.41, 5.74) is 12.7. The maximum absolute atomic E-state index is 6.69. The lowest BCUT2D eigenvalue weighted by Gasteiger charge is -2.23. The van der Waals surface area contributed by atoms with Gasteiger partial charge in [0.15, 0.2) is 0 Å². The molecule has 2 aliphatic rings. The van der Waals surface area contributed by atoms with Crippen LogP contribution < -0.4 is 0 Å². The second kappa shape index (κ2) is 9.55. The molecule has 0 amide bonds. The predicted molar refractivity (Wildman–Crippen MR) is 192 cm³/mol. The highest BCUT2D eigenvalue weighted by atomic mass is 16.3. The normalized spacial score (nSPS) is 14.1. The number of aryl methyl sites for hydroxylation is 1. The number of allylic oxidation sites excluding steroid dienone is 2. The van der Waals surface area contributed by atoms with E-state index in [2.05, 4.69) is 133 Å². The minimum Gasteiger partial charge on any atom is -0.456 e. The van der Waals surface area contributed by atoms with Crippen molar-refractivity contribution in [1.82, 2.24) is 0 Å². The summed E-state index contributed by atoms with van der Waals surface area (Å²) < 4.78 is 6.69. The number of fused-ring (bicyclic) bond motifs is 10. The summed E-state index contributed by atoms with van der Waals surface area (Å²) in [6.07, 6.45) is 13.4. The van der Waals surface area contributed by atoms with E-state index in [-0.39, 0.29) is 0 Å². The maximum Gasteiger partial charge on any atom is 0.139 e. The smallest absolute Gasteiger partial charge is 0.139 e. The zero-order valence-corrected chi connectivity index (χ0v) is 24.9. The molecule has 1 heteroatoms. The molecule has 1 nitrogen and oxygen atoms in total. The third kappa shape index (κ3) is 3.56. The highest BCUT2D eigenvalue weighted by Crippen LogP contribution is 2.49. The van der Waals surface area contributed by atoms with Crippen molar-refractivity contribution in [2.45, 2.75) is 25.7 Å². The molecule has 0 unspecified atom stereocenters. The lowest BCUT2D eigenvalue weighted by Crippen LogP contribution is -2.00. The molecule has 10 rings (SSSR count). The van der Waals surface area contributed by atoms with Gasteiger partial charge in [-0.1, -0.05) is 115 Å². The van der Waals surface area contributed by atoms with Gasteiger partial charge >= 0.3 is 0 Å². The van der Waals surface area contributed by atoms with E-state index < -0.39 is 0 Å². The molecule has 8 aromatic rings. The van der Waals surface area contributed by atoms with Crippen molar-refractivity contribution >= 4 is 66.4 Å². The average molecular weight is 575 g/mol. The summed E-state index contributed by atoms with van der Waals surface area (Å²) in [4.78, 5) is 0. The Hall–Kier alpha value is -5.40. The van der Waals surface area contributed by atoms with Gasteiger partial charge in [-0.15, -0.1) is 0 Å². The van der Waals surface area contributed by atoms with Gasteiger partial charge < -0.3 is 4.42 Å². The van der Waals surface area contributed by atoms with Gasteiger partial charge in [0, 0.05) is 16.3 Å². The van der Waals surface area contributed by atoms with Crippen molar-refractivity contribution in [3.8, 4) is 22.3 Å². The molecule has 0 spiro atoms. The van der Waals surface area contributed by atoms with E-state index in [9.17, 15) is 0 Å². The van der Waals surface area contributed by atoms with E-state index in [0.717, 1.165) is 36.8 Å². The van der Waals surface area contributed by atoms with Crippen molar-refractivity contribution in [2.75, 3.05) is 0 Å². The number of benzene rings is 7. The monoisotopic (exact) mass is 574 g/mol. The molecular weight excluding hydrogens is 544 g/mol. The van der Waals surface area contributed by atoms with Crippen molar-refractivity contribution in [2.24, 2.45) is 0 Å². The minimum absolute atomic E-state index is 0.957. The van der Waals surface area contributed by atoms with E-state index in [1.807, 2.05) is 0 Å². The zero-order valence-electron chi connectivity index (χ0n) is 24.9. The van der Waals surface area contributed by atoms with E-state index in [1.54, 1.807) is 0 Å². The first-order valence-electron chi connectivity index (χ1n) is 16.1. The molecule has 7 aromatic carbocycles. The highest BCUT2D eigenvalue weighted by Gasteiger charge is 2.24. The van der Waals surface area contributed by atoms with Gasteiger partial charge in [0.05, 0.1) is 0 Å². The summed E-state index contributed by atoms with van der Waals surface area (Å²) >= 11 is 0. The van der Waals surface area contributed by atoms with E-state index in [0.29, 0.717) is 0 Å². The Bertz CT molecular complexity index is 2530.